The Morgan fingerprint density at radius 1 is 1.35 bits per heavy atom. The average Bonchev–Trinajstić information content (AvgIpc) is 2.91. The maximum Gasteiger partial charge on any atom is 0.0469 e. The molecule has 20 heavy (non-hydrogen) atoms. The molecule has 0 aliphatic carbocycles. The highest BCUT2D eigenvalue weighted by atomic mass is 16.5. The molecule has 2 aliphatic rings. The monoisotopic (exact) mass is 274 g/mol. The van der Waals surface area contributed by atoms with Gasteiger partial charge in [0.15, 0.2) is 0 Å². The van der Waals surface area contributed by atoms with Crippen molar-refractivity contribution >= 4 is 5.69 Å². The number of ether oxygens (including phenoxy) is 1. The van der Waals surface area contributed by atoms with Crippen LogP contribution in [0.25, 0.3) is 0 Å². The van der Waals surface area contributed by atoms with Crippen molar-refractivity contribution in [3.05, 3.63) is 29.3 Å². The van der Waals surface area contributed by atoms with Crippen LogP contribution in [0.4, 0.5) is 5.69 Å². The molecule has 2 aliphatic heterocycles. The molecule has 0 amide bonds. The Balaban J connectivity index is 1.76. The molecule has 1 saturated heterocycles. The van der Waals surface area contributed by atoms with E-state index in [1.165, 1.54) is 43.6 Å². The summed E-state index contributed by atoms with van der Waals surface area (Å²) in [6, 6.07) is 7.23. The maximum absolute atomic E-state index is 5.47. The number of hydrogen-bond acceptors (Lipinski definition) is 3. The van der Waals surface area contributed by atoms with Crippen molar-refractivity contribution in [2.45, 2.75) is 32.2 Å². The summed E-state index contributed by atoms with van der Waals surface area (Å²) in [6.45, 7) is 6.52. The zero-order chi connectivity index (χ0) is 13.9. The third-order valence-corrected chi connectivity index (χ3v) is 4.88. The zero-order valence-corrected chi connectivity index (χ0v) is 12.7. The van der Waals surface area contributed by atoms with Crippen LogP contribution in [0.5, 0.6) is 0 Å². The van der Waals surface area contributed by atoms with Crippen LogP contribution in [0.15, 0.2) is 18.2 Å². The predicted molar refractivity (Wildman–Crippen MR) is 83.4 cm³/mol. The Morgan fingerprint density at radius 3 is 2.90 bits per heavy atom. The first-order valence-corrected chi connectivity index (χ1v) is 7.91. The Kier molecular flexibility index (Phi) is 4.27. The summed E-state index contributed by atoms with van der Waals surface area (Å²) in [7, 11) is 2.04. The molecule has 3 nitrogen and oxygen atoms in total. The van der Waals surface area contributed by atoms with Gasteiger partial charge in [-0.2, -0.15) is 0 Å². The second-order valence-electron chi connectivity index (χ2n) is 6.11. The molecule has 0 aromatic heterocycles. The Labute approximate surface area is 122 Å². The molecule has 1 unspecified atom stereocenters. The highest BCUT2D eigenvalue weighted by Crippen LogP contribution is 2.34. The molecule has 2 heterocycles. The first kappa shape index (κ1) is 13.9. The van der Waals surface area contributed by atoms with Crippen LogP contribution in [0.2, 0.25) is 0 Å². The summed E-state index contributed by atoms with van der Waals surface area (Å²) in [4.78, 5) is 2.59. The molecule has 1 atom stereocenters. The van der Waals surface area contributed by atoms with Crippen molar-refractivity contribution < 1.29 is 4.74 Å². The molecule has 0 spiro atoms. The second kappa shape index (κ2) is 6.15. The smallest absolute Gasteiger partial charge is 0.0469 e. The first-order chi connectivity index (χ1) is 9.79. The summed E-state index contributed by atoms with van der Waals surface area (Å²) in [6.07, 6.45) is 3.64. The van der Waals surface area contributed by atoms with Crippen LogP contribution in [-0.2, 0) is 11.2 Å². The minimum absolute atomic E-state index is 0.438. The van der Waals surface area contributed by atoms with Gasteiger partial charge in [-0.1, -0.05) is 12.1 Å². The number of nitrogens with zero attached hydrogens (tertiary/aromatic N) is 1. The molecular weight excluding hydrogens is 248 g/mol. The number of hydrogen-bond donors (Lipinski definition) is 1. The summed E-state index contributed by atoms with van der Waals surface area (Å²) in [5.41, 5.74) is 4.50. The molecule has 3 rings (SSSR count). The van der Waals surface area contributed by atoms with E-state index in [9.17, 15) is 0 Å². The lowest BCUT2D eigenvalue weighted by molar-refractivity contribution is 0.0683. The molecule has 1 N–H and O–H groups in total. The van der Waals surface area contributed by atoms with Gasteiger partial charge in [0.1, 0.15) is 0 Å². The van der Waals surface area contributed by atoms with E-state index in [4.69, 9.17) is 4.74 Å². The predicted octanol–water partition coefficient (Wildman–Crippen LogP) is 2.76. The van der Waals surface area contributed by atoms with Gasteiger partial charge in [0, 0.05) is 38.0 Å². The van der Waals surface area contributed by atoms with E-state index < -0.39 is 0 Å². The molecule has 1 fully saturated rings. The van der Waals surface area contributed by atoms with E-state index >= 15 is 0 Å². The van der Waals surface area contributed by atoms with Crippen LogP contribution in [0.3, 0.4) is 0 Å². The first-order valence-electron chi connectivity index (χ1n) is 7.91. The molecule has 110 valence electrons. The Hall–Kier alpha value is -1.06. The van der Waals surface area contributed by atoms with E-state index in [1.54, 1.807) is 5.56 Å². The van der Waals surface area contributed by atoms with Crippen molar-refractivity contribution in [1.82, 2.24) is 5.32 Å². The standard InChI is InChI=1S/C17H26N2O/c1-13(18-2)15-4-3-5-17-16(15)6-9-19(17)12-14-7-10-20-11-8-14/h3-5,13-14,18H,6-12H2,1-2H3. The molecular formula is C17H26N2O. The van der Waals surface area contributed by atoms with Gasteiger partial charge >= 0.3 is 0 Å². The van der Waals surface area contributed by atoms with E-state index in [-0.39, 0.29) is 0 Å². The quantitative estimate of drug-likeness (QED) is 0.913. The zero-order valence-electron chi connectivity index (χ0n) is 12.7. The van der Waals surface area contributed by atoms with Gasteiger partial charge in [-0.3, -0.25) is 0 Å². The number of benzene rings is 1. The second-order valence-corrected chi connectivity index (χ2v) is 6.11. The van der Waals surface area contributed by atoms with Crippen LogP contribution < -0.4 is 10.2 Å². The molecule has 3 heteroatoms. The largest absolute Gasteiger partial charge is 0.381 e. The molecule has 1 aromatic carbocycles. The highest BCUT2D eigenvalue weighted by molar-refractivity contribution is 5.61. The van der Waals surface area contributed by atoms with Gasteiger partial charge in [-0.05, 0) is 56.3 Å². The van der Waals surface area contributed by atoms with Crippen molar-refractivity contribution in [2.24, 2.45) is 5.92 Å². The normalized spacial score (nSPS) is 21.0. The van der Waals surface area contributed by atoms with Crippen molar-refractivity contribution in [3.63, 3.8) is 0 Å². The fraction of sp³-hybridized carbons (Fsp3) is 0.647. The Morgan fingerprint density at radius 2 is 2.15 bits per heavy atom. The fourth-order valence-corrected chi connectivity index (χ4v) is 3.52. The Bertz CT molecular complexity index is 454. The van der Waals surface area contributed by atoms with Gasteiger partial charge in [0.2, 0.25) is 0 Å². The fourth-order valence-electron chi connectivity index (χ4n) is 3.52. The van der Waals surface area contributed by atoms with Gasteiger partial charge in [-0.25, -0.2) is 0 Å². The lowest BCUT2D eigenvalue weighted by Gasteiger charge is -2.29. The van der Waals surface area contributed by atoms with Crippen molar-refractivity contribution in [1.29, 1.82) is 0 Å². The van der Waals surface area contributed by atoms with Crippen LogP contribution in [-0.4, -0.2) is 33.4 Å². The number of anilines is 1. The van der Waals surface area contributed by atoms with Crippen LogP contribution in [0.1, 0.15) is 36.9 Å². The van der Waals surface area contributed by atoms with Gasteiger partial charge < -0.3 is 15.0 Å². The van der Waals surface area contributed by atoms with Crippen molar-refractivity contribution in [2.75, 3.05) is 38.3 Å². The van der Waals surface area contributed by atoms with Crippen LogP contribution >= 0.6 is 0 Å². The minimum atomic E-state index is 0.438. The maximum atomic E-state index is 5.47. The third kappa shape index (κ3) is 2.70. The van der Waals surface area contributed by atoms with E-state index in [1.807, 2.05) is 7.05 Å². The summed E-state index contributed by atoms with van der Waals surface area (Å²) in [5.74, 6) is 0.806. The lowest BCUT2D eigenvalue weighted by atomic mass is 9.98. The number of nitrogens with one attached hydrogen (secondary N) is 1. The van der Waals surface area contributed by atoms with E-state index in [0.717, 1.165) is 19.1 Å². The molecule has 0 saturated carbocycles. The number of rotatable bonds is 4. The van der Waals surface area contributed by atoms with E-state index in [0.29, 0.717) is 6.04 Å². The molecule has 1 aromatic rings. The van der Waals surface area contributed by atoms with Gasteiger partial charge in [0.25, 0.3) is 0 Å². The molecule has 0 bridgehead atoms. The SMILES string of the molecule is CNC(C)c1cccc2c1CCN2CC1CCOCC1. The third-order valence-electron chi connectivity index (χ3n) is 4.88. The minimum Gasteiger partial charge on any atom is -0.381 e. The summed E-state index contributed by atoms with van der Waals surface area (Å²) < 4.78 is 5.47. The van der Waals surface area contributed by atoms with E-state index in [2.05, 4.69) is 35.3 Å². The summed E-state index contributed by atoms with van der Waals surface area (Å²) >= 11 is 0. The van der Waals surface area contributed by atoms with Crippen LogP contribution in [0, 0.1) is 5.92 Å². The average molecular weight is 274 g/mol. The van der Waals surface area contributed by atoms with Crippen molar-refractivity contribution in [3.8, 4) is 0 Å². The lowest BCUT2D eigenvalue weighted by Crippen LogP contribution is -2.31. The number of fused-ring (bicyclic) bond motifs is 1. The van der Waals surface area contributed by atoms with Gasteiger partial charge in [-0.15, -0.1) is 0 Å². The highest BCUT2D eigenvalue weighted by Gasteiger charge is 2.25. The summed E-state index contributed by atoms with van der Waals surface area (Å²) in [5, 5.41) is 3.37. The van der Waals surface area contributed by atoms with Gasteiger partial charge in [0.05, 0.1) is 0 Å². The topological polar surface area (TPSA) is 24.5 Å². The molecule has 0 radical (unpaired) electrons.